The van der Waals surface area contributed by atoms with Crippen LogP contribution in [0.25, 0.3) is 6.08 Å². The zero-order valence-corrected chi connectivity index (χ0v) is 12.5. The van der Waals surface area contributed by atoms with Crippen LogP contribution in [0.1, 0.15) is 51.6 Å². The van der Waals surface area contributed by atoms with E-state index in [0.717, 1.165) is 37.3 Å². The summed E-state index contributed by atoms with van der Waals surface area (Å²) in [5.74, 6) is 1.65. The molecule has 3 heteroatoms. The van der Waals surface area contributed by atoms with Gasteiger partial charge in [0.15, 0.2) is 0 Å². The van der Waals surface area contributed by atoms with Crippen molar-refractivity contribution in [2.24, 2.45) is 0 Å². The zero-order valence-electron chi connectivity index (χ0n) is 12.5. The minimum atomic E-state index is 0.0665. The Morgan fingerprint density at radius 2 is 2.16 bits per heavy atom. The largest absolute Gasteiger partial charge is 0.462 e. The van der Waals surface area contributed by atoms with E-state index in [1.54, 1.807) is 12.2 Å². The summed E-state index contributed by atoms with van der Waals surface area (Å²) in [6, 6.07) is 4.05. The molecule has 1 heterocycles. The third-order valence-corrected chi connectivity index (χ3v) is 3.31. The molecule has 1 amide bonds. The van der Waals surface area contributed by atoms with Gasteiger partial charge in [0.1, 0.15) is 11.5 Å². The molecule has 0 aliphatic heterocycles. The van der Waals surface area contributed by atoms with Crippen molar-refractivity contribution in [2.75, 3.05) is 6.54 Å². The molecule has 0 bridgehead atoms. The van der Waals surface area contributed by atoms with Crippen LogP contribution in [0.2, 0.25) is 0 Å². The first-order valence-electron chi connectivity index (χ1n) is 7.13. The number of hydrogen-bond donors (Lipinski definition) is 0. The van der Waals surface area contributed by atoms with Gasteiger partial charge in [0.05, 0.1) is 0 Å². The second-order valence-electron chi connectivity index (χ2n) is 4.92. The van der Waals surface area contributed by atoms with Crippen LogP contribution in [0.15, 0.2) is 22.6 Å². The van der Waals surface area contributed by atoms with Crippen LogP contribution in [0, 0.1) is 6.92 Å². The Bertz CT molecular complexity index is 420. The van der Waals surface area contributed by atoms with Crippen LogP contribution in [0.5, 0.6) is 0 Å². The molecular weight excluding hydrogens is 238 g/mol. The minimum Gasteiger partial charge on any atom is -0.462 e. The van der Waals surface area contributed by atoms with Crippen molar-refractivity contribution in [1.29, 1.82) is 0 Å². The number of hydrogen-bond acceptors (Lipinski definition) is 2. The number of amides is 1. The van der Waals surface area contributed by atoms with Gasteiger partial charge in [0, 0.05) is 18.7 Å². The van der Waals surface area contributed by atoms with Crippen molar-refractivity contribution in [3.05, 3.63) is 29.7 Å². The first-order valence-corrected chi connectivity index (χ1v) is 7.13. The number of carbonyl (C=O) groups is 1. The number of aryl methyl sites for hydroxylation is 1. The Balaban J connectivity index is 2.67. The molecule has 1 aromatic rings. The van der Waals surface area contributed by atoms with Gasteiger partial charge in [-0.05, 0) is 44.9 Å². The third-order valence-electron chi connectivity index (χ3n) is 3.31. The van der Waals surface area contributed by atoms with Crippen molar-refractivity contribution >= 4 is 12.0 Å². The fraction of sp³-hybridized carbons (Fsp3) is 0.562. The third kappa shape index (κ3) is 4.93. The highest BCUT2D eigenvalue weighted by molar-refractivity contribution is 5.91. The molecule has 1 atom stereocenters. The van der Waals surface area contributed by atoms with Crippen LogP contribution >= 0.6 is 0 Å². The normalized spacial score (nSPS) is 12.8. The van der Waals surface area contributed by atoms with Gasteiger partial charge in [-0.2, -0.15) is 0 Å². The highest BCUT2D eigenvalue weighted by Crippen LogP contribution is 2.11. The number of furan rings is 1. The van der Waals surface area contributed by atoms with Crippen LogP contribution in [-0.2, 0) is 4.79 Å². The molecule has 0 saturated carbocycles. The average molecular weight is 263 g/mol. The second-order valence-corrected chi connectivity index (χ2v) is 4.92. The Kier molecular flexibility index (Phi) is 6.40. The van der Waals surface area contributed by atoms with E-state index in [2.05, 4.69) is 20.8 Å². The lowest BCUT2D eigenvalue weighted by molar-refractivity contribution is -0.128. The molecule has 0 aliphatic carbocycles. The van der Waals surface area contributed by atoms with E-state index in [1.165, 1.54) is 0 Å². The molecule has 106 valence electrons. The maximum atomic E-state index is 12.2. The summed E-state index contributed by atoms with van der Waals surface area (Å²) in [5.41, 5.74) is 0. The summed E-state index contributed by atoms with van der Waals surface area (Å²) in [6.45, 7) is 9.06. The molecule has 0 aliphatic rings. The van der Waals surface area contributed by atoms with Crippen molar-refractivity contribution in [1.82, 2.24) is 4.90 Å². The lowest BCUT2D eigenvalue weighted by Gasteiger charge is -2.27. The van der Waals surface area contributed by atoms with Crippen LogP contribution < -0.4 is 0 Å². The van der Waals surface area contributed by atoms with E-state index in [0.29, 0.717) is 0 Å². The molecule has 0 spiro atoms. The highest BCUT2D eigenvalue weighted by atomic mass is 16.3. The molecule has 1 rings (SSSR count). The summed E-state index contributed by atoms with van der Waals surface area (Å²) in [6.07, 6.45) is 6.48. The number of unbranched alkanes of at least 4 members (excludes halogenated alkanes) is 1. The first-order chi connectivity index (χ1) is 9.08. The monoisotopic (exact) mass is 263 g/mol. The molecule has 1 aromatic heterocycles. The maximum absolute atomic E-state index is 12.2. The van der Waals surface area contributed by atoms with Crippen molar-refractivity contribution < 1.29 is 9.21 Å². The second kappa shape index (κ2) is 7.82. The van der Waals surface area contributed by atoms with Crippen LogP contribution in [0.3, 0.4) is 0 Å². The van der Waals surface area contributed by atoms with E-state index >= 15 is 0 Å². The quantitative estimate of drug-likeness (QED) is 0.696. The van der Waals surface area contributed by atoms with E-state index in [-0.39, 0.29) is 11.9 Å². The smallest absolute Gasteiger partial charge is 0.246 e. The van der Waals surface area contributed by atoms with Crippen molar-refractivity contribution in [3.8, 4) is 0 Å². The predicted molar refractivity (Wildman–Crippen MR) is 78.9 cm³/mol. The summed E-state index contributed by atoms with van der Waals surface area (Å²) in [4.78, 5) is 14.2. The molecular formula is C16H25NO2. The standard InChI is InChI=1S/C16H25NO2/c1-5-7-12-17(13(3)6-2)16(18)11-10-15-9-8-14(4)19-15/h8-11,13H,5-7,12H2,1-4H3/b11-10+. The van der Waals surface area contributed by atoms with Gasteiger partial charge in [-0.3, -0.25) is 4.79 Å². The van der Waals surface area contributed by atoms with E-state index in [9.17, 15) is 4.79 Å². The molecule has 0 aromatic carbocycles. The fourth-order valence-electron chi connectivity index (χ4n) is 1.89. The van der Waals surface area contributed by atoms with Gasteiger partial charge < -0.3 is 9.32 Å². The number of nitrogens with zero attached hydrogens (tertiary/aromatic N) is 1. The Morgan fingerprint density at radius 3 is 2.68 bits per heavy atom. The summed E-state index contributed by atoms with van der Waals surface area (Å²) >= 11 is 0. The summed E-state index contributed by atoms with van der Waals surface area (Å²) in [5, 5.41) is 0. The maximum Gasteiger partial charge on any atom is 0.246 e. The fourth-order valence-corrected chi connectivity index (χ4v) is 1.89. The van der Waals surface area contributed by atoms with Gasteiger partial charge >= 0.3 is 0 Å². The highest BCUT2D eigenvalue weighted by Gasteiger charge is 2.15. The van der Waals surface area contributed by atoms with Crippen LogP contribution in [-0.4, -0.2) is 23.4 Å². The van der Waals surface area contributed by atoms with E-state index in [4.69, 9.17) is 4.42 Å². The topological polar surface area (TPSA) is 33.5 Å². The Labute approximate surface area is 116 Å². The molecule has 0 fully saturated rings. The summed E-state index contributed by atoms with van der Waals surface area (Å²) in [7, 11) is 0. The summed E-state index contributed by atoms with van der Waals surface area (Å²) < 4.78 is 5.42. The minimum absolute atomic E-state index is 0.0665. The van der Waals surface area contributed by atoms with Crippen molar-refractivity contribution in [3.63, 3.8) is 0 Å². The van der Waals surface area contributed by atoms with Crippen LogP contribution in [0.4, 0.5) is 0 Å². The SMILES string of the molecule is CCCCN(C(=O)/C=C/c1ccc(C)o1)C(C)CC. The van der Waals surface area contributed by atoms with E-state index in [1.807, 2.05) is 24.0 Å². The Morgan fingerprint density at radius 1 is 1.42 bits per heavy atom. The van der Waals surface area contributed by atoms with Crippen molar-refractivity contribution in [2.45, 2.75) is 53.0 Å². The predicted octanol–water partition coefficient (Wildman–Crippen LogP) is 4.03. The number of carbonyl (C=O) groups excluding carboxylic acids is 1. The molecule has 0 saturated heterocycles. The zero-order chi connectivity index (χ0) is 14.3. The van der Waals surface area contributed by atoms with Gasteiger partial charge in [-0.25, -0.2) is 0 Å². The first kappa shape index (κ1) is 15.5. The van der Waals surface area contributed by atoms with Gasteiger partial charge in [-0.1, -0.05) is 20.3 Å². The molecule has 3 nitrogen and oxygen atoms in total. The number of rotatable bonds is 7. The lowest BCUT2D eigenvalue weighted by Crippen LogP contribution is -2.37. The molecule has 19 heavy (non-hydrogen) atoms. The van der Waals surface area contributed by atoms with Gasteiger partial charge in [-0.15, -0.1) is 0 Å². The Hall–Kier alpha value is -1.51. The molecule has 1 unspecified atom stereocenters. The molecule has 0 radical (unpaired) electrons. The average Bonchev–Trinajstić information content (AvgIpc) is 2.82. The van der Waals surface area contributed by atoms with E-state index < -0.39 is 0 Å². The van der Waals surface area contributed by atoms with Gasteiger partial charge in [0.25, 0.3) is 0 Å². The molecule has 0 N–H and O–H groups in total. The lowest BCUT2D eigenvalue weighted by atomic mass is 10.2. The van der Waals surface area contributed by atoms with Gasteiger partial charge in [0.2, 0.25) is 5.91 Å².